The summed E-state index contributed by atoms with van der Waals surface area (Å²) in [6.07, 6.45) is 1.29. The van der Waals surface area contributed by atoms with Crippen LogP contribution < -0.4 is 21.3 Å². The number of benzene rings is 1. The highest BCUT2D eigenvalue weighted by Crippen LogP contribution is 2.25. The molecule has 1 aromatic heterocycles. The Morgan fingerprint density at radius 3 is 2.74 bits per heavy atom. The van der Waals surface area contributed by atoms with Crippen LogP contribution in [0.25, 0.3) is 0 Å². The molecule has 1 amide bonds. The Morgan fingerprint density at radius 2 is 2.09 bits per heavy atom. The van der Waals surface area contributed by atoms with E-state index in [1.54, 1.807) is 7.11 Å². The van der Waals surface area contributed by atoms with Gasteiger partial charge in [-0.15, -0.1) is 0 Å². The number of aromatic amines is 1. The average Bonchev–Trinajstić information content (AvgIpc) is 2.50. The molecule has 0 aliphatic heterocycles. The van der Waals surface area contributed by atoms with Gasteiger partial charge in [-0.25, -0.2) is 4.79 Å². The van der Waals surface area contributed by atoms with Crippen LogP contribution in [0.2, 0.25) is 0 Å². The number of ether oxygens (including phenoxy) is 1. The lowest BCUT2D eigenvalue weighted by atomic mass is 10.0. The second kappa shape index (κ2) is 6.95. The van der Waals surface area contributed by atoms with Gasteiger partial charge in [-0.1, -0.05) is 17.7 Å². The first-order valence-electron chi connectivity index (χ1n) is 7.14. The minimum absolute atomic E-state index is 0.173. The number of aromatic nitrogens is 2. The Bertz CT molecular complexity index is 823. The number of carbonyl (C=O) groups is 1. The van der Waals surface area contributed by atoms with Gasteiger partial charge < -0.3 is 10.1 Å². The van der Waals surface area contributed by atoms with Gasteiger partial charge in [0.05, 0.1) is 13.2 Å². The van der Waals surface area contributed by atoms with Crippen LogP contribution in [0.15, 0.2) is 40.1 Å². The lowest BCUT2D eigenvalue weighted by molar-refractivity contribution is -0.122. The van der Waals surface area contributed by atoms with Gasteiger partial charge in [-0.05, 0) is 19.9 Å². The molecular weight excluding hydrogens is 298 g/mol. The minimum Gasteiger partial charge on any atom is -0.496 e. The van der Waals surface area contributed by atoms with Gasteiger partial charge >= 0.3 is 5.69 Å². The van der Waals surface area contributed by atoms with Crippen molar-refractivity contribution in [3.63, 3.8) is 0 Å². The van der Waals surface area contributed by atoms with Gasteiger partial charge in [0.25, 0.3) is 5.56 Å². The van der Waals surface area contributed by atoms with Gasteiger partial charge in [-0.2, -0.15) is 0 Å². The van der Waals surface area contributed by atoms with Crippen molar-refractivity contribution in [1.29, 1.82) is 0 Å². The zero-order valence-electron chi connectivity index (χ0n) is 13.3. The van der Waals surface area contributed by atoms with Gasteiger partial charge in [0, 0.05) is 17.8 Å². The van der Waals surface area contributed by atoms with Crippen molar-refractivity contribution in [2.75, 3.05) is 7.11 Å². The molecule has 2 aromatic rings. The summed E-state index contributed by atoms with van der Waals surface area (Å²) in [6, 6.07) is 6.63. The van der Waals surface area contributed by atoms with Crippen LogP contribution in [0.1, 0.15) is 24.1 Å². The molecule has 0 saturated heterocycles. The zero-order chi connectivity index (χ0) is 17.0. The molecule has 7 heteroatoms. The van der Waals surface area contributed by atoms with E-state index >= 15 is 0 Å². The molecule has 1 aromatic carbocycles. The second-order valence-electron chi connectivity index (χ2n) is 5.27. The average molecular weight is 317 g/mol. The third-order valence-electron chi connectivity index (χ3n) is 3.44. The summed E-state index contributed by atoms with van der Waals surface area (Å²) in [6.45, 7) is 3.62. The molecule has 0 saturated carbocycles. The molecular formula is C16H19N3O4. The van der Waals surface area contributed by atoms with E-state index in [0.29, 0.717) is 5.75 Å². The molecule has 1 heterocycles. The van der Waals surface area contributed by atoms with Crippen molar-refractivity contribution >= 4 is 5.91 Å². The molecule has 7 nitrogen and oxygen atoms in total. The van der Waals surface area contributed by atoms with Crippen molar-refractivity contribution in [3.8, 4) is 5.75 Å². The summed E-state index contributed by atoms with van der Waals surface area (Å²) >= 11 is 0. The van der Waals surface area contributed by atoms with Crippen molar-refractivity contribution < 1.29 is 9.53 Å². The van der Waals surface area contributed by atoms with Crippen LogP contribution in [0.4, 0.5) is 0 Å². The van der Waals surface area contributed by atoms with Crippen LogP contribution >= 0.6 is 0 Å². The molecule has 0 aliphatic rings. The monoisotopic (exact) mass is 317 g/mol. The first-order chi connectivity index (χ1) is 10.9. The highest BCUT2D eigenvalue weighted by Gasteiger charge is 2.15. The second-order valence-corrected chi connectivity index (χ2v) is 5.27. The standard InChI is InChI=1S/C16H19N3O4/c1-10-4-5-13(23-3)12(8-10)11(2)17-15(21)9-19-7-6-14(20)18-16(19)22/h4-8,11H,9H2,1-3H3,(H,17,21)(H,18,20,22). The highest BCUT2D eigenvalue weighted by atomic mass is 16.5. The number of rotatable bonds is 5. The maximum atomic E-state index is 12.1. The lowest BCUT2D eigenvalue weighted by Crippen LogP contribution is -2.36. The summed E-state index contributed by atoms with van der Waals surface area (Å²) in [5, 5.41) is 2.82. The normalized spacial score (nSPS) is 11.8. The Balaban J connectivity index is 2.12. The third-order valence-corrected chi connectivity index (χ3v) is 3.44. The topological polar surface area (TPSA) is 93.2 Å². The number of H-pyrrole nitrogens is 1. The first kappa shape index (κ1) is 16.5. The van der Waals surface area contributed by atoms with E-state index in [-0.39, 0.29) is 18.5 Å². The number of nitrogens with one attached hydrogen (secondary N) is 2. The minimum atomic E-state index is -0.617. The van der Waals surface area contributed by atoms with E-state index in [9.17, 15) is 14.4 Å². The molecule has 1 unspecified atom stereocenters. The molecule has 0 bridgehead atoms. The van der Waals surface area contributed by atoms with Crippen LogP contribution in [-0.2, 0) is 11.3 Å². The molecule has 2 N–H and O–H groups in total. The molecule has 0 aliphatic carbocycles. The molecule has 23 heavy (non-hydrogen) atoms. The van der Waals surface area contributed by atoms with E-state index in [2.05, 4.69) is 10.3 Å². The van der Waals surface area contributed by atoms with E-state index in [1.165, 1.54) is 12.3 Å². The zero-order valence-corrected chi connectivity index (χ0v) is 13.3. The van der Waals surface area contributed by atoms with Crippen molar-refractivity contribution in [2.24, 2.45) is 0 Å². The summed E-state index contributed by atoms with van der Waals surface area (Å²) in [5.74, 6) is 0.347. The van der Waals surface area contributed by atoms with Gasteiger partial charge in [0.15, 0.2) is 0 Å². The van der Waals surface area contributed by atoms with E-state index in [0.717, 1.165) is 15.7 Å². The van der Waals surface area contributed by atoms with Gasteiger partial charge in [0.2, 0.25) is 5.91 Å². The number of methoxy groups -OCH3 is 1. The lowest BCUT2D eigenvalue weighted by Gasteiger charge is -2.18. The predicted molar refractivity (Wildman–Crippen MR) is 85.6 cm³/mol. The number of aryl methyl sites for hydroxylation is 1. The Hall–Kier alpha value is -2.83. The van der Waals surface area contributed by atoms with Crippen LogP contribution in [0, 0.1) is 6.92 Å². The van der Waals surface area contributed by atoms with Crippen LogP contribution in [0.5, 0.6) is 5.75 Å². The summed E-state index contributed by atoms with van der Waals surface area (Å²) in [4.78, 5) is 36.8. The fourth-order valence-electron chi connectivity index (χ4n) is 2.28. The molecule has 1 atom stereocenters. The number of carbonyl (C=O) groups excluding carboxylic acids is 1. The number of amides is 1. The van der Waals surface area contributed by atoms with Crippen LogP contribution in [-0.4, -0.2) is 22.6 Å². The molecule has 122 valence electrons. The largest absolute Gasteiger partial charge is 0.496 e. The van der Waals surface area contributed by atoms with Gasteiger partial charge in [-0.3, -0.25) is 19.1 Å². The van der Waals surface area contributed by atoms with Crippen molar-refractivity contribution in [3.05, 3.63) is 62.4 Å². The summed E-state index contributed by atoms with van der Waals surface area (Å²) in [5.41, 5.74) is 0.798. The predicted octanol–water partition coefficient (Wildman–Crippen LogP) is 0.731. The Kier molecular flexibility index (Phi) is 5.00. The fraction of sp³-hybridized carbons (Fsp3) is 0.312. The molecule has 0 radical (unpaired) electrons. The maximum absolute atomic E-state index is 12.1. The van der Waals surface area contributed by atoms with Crippen molar-refractivity contribution in [1.82, 2.24) is 14.9 Å². The Morgan fingerprint density at radius 1 is 1.35 bits per heavy atom. The van der Waals surface area contributed by atoms with Crippen LogP contribution in [0.3, 0.4) is 0 Å². The number of nitrogens with zero attached hydrogens (tertiary/aromatic N) is 1. The van der Waals surface area contributed by atoms with Crippen molar-refractivity contribution in [2.45, 2.75) is 26.4 Å². The highest BCUT2D eigenvalue weighted by molar-refractivity contribution is 5.76. The van der Waals surface area contributed by atoms with E-state index < -0.39 is 11.2 Å². The maximum Gasteiger partial charge on any atom is 0.328 e. The first-order valence-corrected chi connectivity index (χ1v) is 7.14. The molecule has 0 fully saturated rings. The van der Waals surface area contributed by atoms with E-state index in [4.69, 9.17) is 4.74 Å². The SMILES string of the molecule is COc1ccc(C)cc1C(C)NC(=O)Cn1ccc(=O)[nH]c1=O. The molecule has 0 spiro atoms. The smallest absolute Gasteiger partial charge is 0.328 e. The number of hydrogen-bond acceptors (Lipinski definition) is 4. The quantitative estimate of drug-likeness (QED) is 0.850. The molecule has 2 rings (SSSR count). The van der Waals surface area contributed by atoms with E-state index in [1.807, 2.05) is 32.0 Å². The van der Waals surface area contributed by atoms with Gasteiger partial charge in [0.1, 0.15) is 12.3 Å². The summed E-state index contributed by atoms with van der Waals surface area (Å²) < 4.78 is 6.44. The fourth-order valence-corrected chi connectivity index (χ4v) is 2.28. The summed E-state index contributed by atoms with van der Waals surface area (Å²) in [7, 11) is 1.57. The third kappa shape index (κ3) is 4.09. The number of hydrogen-bond donors (Lipinski definition) is 2. The Labute approximate surface area is 132 Å².